The normalized spacial score (nSPS) is 20.7. The molecular weight excluding hydrogens is 433 g/mol. The minimum Gasteiger partial charge on any atom is -0.343 e. The van der Waals surface area contributed by atoms with Crippen LogP contribution in [0, 0.1) is 11.7 Å². The number of piperidine rings is 1. The van der Waals surface area contributed by atoms with Gasteiger partial charge in [-0.05, 0) is 75.6 Å². The van der Waals surface area contributed by atoms with Gasteiger partial charge in [0, 0.05) is 43.9 Å². The van der Waals surface area contributed by atoms with Gasteiger partial charge in [0.2, 0.25) is 5.91 Å². The zero-order chi connectivity index (χ0) is 24.2. The highest BCUT2D eigenvalue weighted by Crippen LogP contribution is 2.30. The Labute approximate surface area is 200 Å². The number of likely N-dealkylation sites (tertiary alicyclic amines) is 1. The van der Waals surface area contributed by atoms with Crippen LogP contribution in [-0.2, 0) is 16.0 Å². The Morgan fingerprint density at radius 3 is 2.59 bits per heavy atom. The fraction of sp³-hybridized carbons (Fsp3) is 0.556. The van der Waals surface area contributed by atoms with Crippen molar-refractivity contribution in [3.05, 3.63) is 46.3 Å². The third-order valence-electron chi connectivity index (χ3n) is 7.33. The molecule has 1 fully saturated rings. The Balaban J connectivity index is 1.51. The number of nitrogens with zero attached hydrogens (tertiary/aromatic N) is 3. The van der Waals surface area contributed by atoms with E-state index < -0.39 is 5.82 Å². The highest BCUT2D eigenvalue weighted by atomic mass is 19.1. The molecule has 34 heavy (non-hydrogen) atoms. The van der Waals surface area contributed by atoms with E-state index in [2.05, 4.69) is 4.99 Å². The molecule has 7 heteroatoms. The molecule has 0 saturated carbocycles. The first-order valence-electron chi connectivity index (χ1n) is 12.6. The van der Waals surface area contributed by atoms with Gasteiger partial charge in [-0.1, -0.05) is 6.07 Å². The van der Waals surface area contributed by atoms with Crippen molar-refractivity contribution in [3.8, 4) is 0 Å². The molecule has 182 valence electrons. The molecule has 0 N–H and O–H groups in total. The van der Waals surface area contributed by atoms with Gasteiger partial charge in [-0.3, -0.25) is 19.4 Å². The maximum Gasteiger partial charge on any atom is 0.256 e. The number of hydrogen-bond donors (Lipinski definition) is 0. The number of rotatable bonds is 6. The van der Waals surface area contributed by atoms with E-state index >= 15 is 0 Å². The number of benzene rings is 1. The second-order valence-corrected chi connectivity index (χ2v) is 9.44. The van der Waals surface area contributed by atoms with Gasteiger partial charge in [0.05, 0.1) is 11.5 Å². The van der Waals surface area contributed by atoms with E-state index in [1.165, 1.54) is 6.07 Å². The summed E-state index contributed by atoms with van der Waals surface area (Å²) < 4.78 is 14.8. The van der Waals surface area contributed by atoms with Crippen LogP contribution in [0.5, 0.6) is 0 Å². The predicted octanol–water partition coefficient (Wildman–Crippen LogP) is 3.98. The molecule has 2 amide bonds. The van der Waals surface area contributed by atoms with Crippen LogP contribution in [0.2, 0.25) is 0 Å². The Morgan fingerprint density at radius 1 is 1.12 bits per heavy atom. The molecule has 3 aliphatic rings. The molecule has 4 rings (SSSR count). The lowest BCUT2D eigenvalue weighted by molar-refractivity contribution is -0.136. The van der Waals surface area contributed by atoms with Crippen molar-refractivity contribution < 1.29 is 18.8 Å². The van der Waals surface area contributed by atoms with Crippen molar-refractivity contribution in [3.63, 3.8) is 0 Å². The quantitative estimate of drug-likeness (QED) is 0.635. The summed E-state index contributed by atoms with van der Waals surface area (Å²) in [4.78, 5) is 46.3. The molecule has 0 radical (unpaired) electrons. The van der Waals surface area contributed by atoms with Crippen LogP contribution in [0.25, 0.3) is 0 Å². The molecule has 0 spiro atoms. The van der Waals surface area contributed by atoms with Crippen molar-refractivity contribution in [1.82, 2.24) is 9.80 Å². The third kappa shape index (κ3) is 4.98. The lowest BCUT2D eigenvalue weighted by Gasteiger charge is -2.34. The van der Waals surface area contributed by atoms with E-state index in [1.54, 1.807) is 21.9 Å². The van der Waals surface area contributed by atoms with Gasteiger partial charge >= 0.3 is 0 Å². The Hall–Kier alpha value is -2.83. The van der Waals surface area contributed by atoms with Gasteiger partial charge < -0.3 is 9.80 Å². The predicted molar refractivity (Wildman–Crippen MR) is 129 cm³/mol. The van der Waals surface area contributed by atoms with E-state index in [4.69, 9.17) is 0 Å². The van der Waals surface area contributed by atoms with Crippen LogP contribution in [0.15, 0.2) is 34.3 Å². The number of carbonyl (C=O) groups excluding carboxylic acids is 3. The lowest BCUT2D eigenvalue weighted by Crippen LogP contribution is -2.46. The molecule has 1 aromatic rings. The molecule has 0 bridgehead atoms. The summed E-state index contributed by atoms with van der Waals surface area (Å²) in [5, 5.41) is 0. The molecule has 6 nitrogen and oxygen atoms in total. The average Bonchev–Trinajstić information content (AvgIpc) is 2.87. The van der Waals surface area contributed by atoms with Gasteiger partial charge in [0.25, 0.3) is 5.91 Å². The number of amides is 2. The van der Waals surface area contributed by atoms with Crippen molar-refractivity contribution in [2.24, 2.45) is 10.9 Å². The summed E-state index contributed by atoms with van der Waals surface area (Å²) in [5.74, 6) is -0.973. The molecule has 1 atom stereocenters. The minimum absolute atomic E-state index is 0.0405. The van der Waals surface area contributed by atoms with Crippen LogP contribution in [0.3, 0.4) is 0 Å². The Bertz CT molecular complexity index is 1040. The van der Waals surface area contributed by atoms with Crippen molar-refractivity contribution in [2.45, 2.75) is 58.8 Å². The summed E-state index contributed by atoms with van der Waals surface area (Å²) in [6.07, 6.45) is 5.69. The SMILES string of the molecule is CCN(CC)C(=O)C1CCCN(C(=O)c2cc(CC3=NCC(=O)C4=C3CCCC4)ccc2F)C1. The Kier molecular flexibility index (Phi) is 7.59. The number of allylic oxidation sites excluding steroid dienone is 1. The largest absolute Gasteiger partial charge is 0.343 e. The van der Waals surface area contributed by atoms with Gasteiger partial charge in [0.15, 0.2) is 5.78 Å². The number of aliphatic imine (C=N–C) groups is 1. The summed E-state index contributed by atoms with van der Waals surface area (Å²) >= 11 is 0. The zero-order valence-electron chi connectivity index (χ0n) is 20.2. The smallest absolute Gasteiger partial charge is 0.256 e. The van der Waals surface area contributed by atoms with Crippen LogP contribution >= 0.6 is 0 Å². The van der Waals surface area contributed by atoms with Crippen LogP contribution in [0.1, 0.15) is 68.3 Å². The standard InChI is InChI=1S/C27H34FN3O3/c1-3-30(4-2)26(33)19-8-7-13-31(17-19)27(34)22-14-18(11-12-23(22)28)15-24-20-9-5-6-10-21(20)25(32)16-29-24/h11-12,14,19H,3-10,13,15-17H2,1-2H3. The molecule has 1 aliphatic carbocycles. The van der Waals surface area contributed by atoms with Crippen LogP contribution in [0.4, 0.5) is 4.39 Å². The van der Waals surface area contributed by atoms with E-state index in [0.29, 0.717) is 32.6 Å². The highest BCUT2D eigenvalue weighted by molar-refractivity contribution is 6.14. The number of Topliss-reactive ketones (excluding diaryl/α,β-unsaturated/α-hetero) is 1. The van der Waals surface area contributed by atoms with Gasteiger partial charge in [-0.25, -0.2) is 4.39 Å². The zero-order valence-corrected chi connectivity index (χ0v) is 20.2. The summed E-state index contributed by atoms with van der Waals surface area (Å²) in [7, 11) is 0. The highest BCUT2D eigenvalue weighted by Gasteiger charge is 2.32. The summed E-state index contributed by atoms with van der Waals surface area (Å²) in [5.41, 5.74) is 3.70. The van der Waals surface area contributed by atoms with Crippen molar-refractivity contribution in [1.29, 1.82) is 0 Å². The number of halogens is 1. The fourth-order valence-corrected chi connectivity index (χ4v) is 5.42. The molecule has 2 heterocycles. The first-order chi connectivity index (χ1) is 16.4. The van der Waals surface area contributed by atoms with E-state index in [9.17, 15) is 18.8 Å². The van der Waals surface area contributed by atoms with E-state index in [0.717, 1.165) is 60.9 Å². The van der Waals surface area contributed by atoms with E-state index in [1.807, 2.05) is 13.8 Å². The van der Waals surface area contributed by atoms with Gasteiger partial charge in [-0.2, -0.15) is 0 Å². The summed E-state index contributed by atoms with van der Waals surface area (Å²) in [6.45, 7) is 6.21. The minimum atomic E-state index is -0.552. The molecule has 1 aromatic carbocycles. The van der Waals surface area contributed by atoms with E-state index in [-0.39, 0.29) is 35.6 Å². The maximum atomic E-state index is 14.8. The number of hydrogen-bond acceptors (Lipinski definition) is 4. The van der Waals surface area contributed by atoms with Gasteiger partial charge in [0.1, 0.15) is 12.4 Å². The monoisotopic (exact) mass is 467 g/mol. The number of carbonyl (C=O) groups is 3. The second-order valence-electron chi connectivity index (χ2n) is 9.44. The molecule has 0 aromatic heterocycles. The first kappa shape index (κ1) is 24.3. The molecule has 2 aliphatic heterocycles. The molecule has 1 unspecified atom stereocenters. The second kappa shape index (κ2) is 10.6. The van der Waals surface area contributed by atoms with Crippen LogP contribution in [-0.4, -0.2) is 65.8 Å². The summed E-state index contributed by atoms with van der Waals surface area (Å²) in [6, 6.07) is 4.66. The lowest BCUT2D eigenvalue weighted by atomic mass is 9.83. The third-order valence-corrected chi connectivity index (χ3v) is 7.33. The molecule has 1 saturated heterocycles. The maximum absolute atomic E-state index is 14.8. The first-order valence-corrected chi connectivity index (χ1v) is 12.6. The fourth-order valence-electron chi connectivity index (χ4n) is 5.42. The van der Waals surface area contributed by atoms with Crippen molar-refractivity contribution >= 4 is 23.3 Å². The topological polar surface area (TPSA) is 70.1 Å². The average molecular weight is 468 g/mol. The Morgan fingerprint density at radius 2 is 1.85 bits per heavy atom. The van der Waals surface area contributed by atoms with Crippen molar-refractivity contribution in [2.75, 3.05) is 32.7 Å². The van der Waals surface area contributed by atoms with Gasteiger partial charge in [-0.15, -0.1) is 0 Å². The number of ketones is 1. The number of dihydropyridines is 1. The molecular formula is C27H34FN3O3. The van der Waals surface area contributed by atoms with Crippen LogP contribution < -0.4 is 0 Å².